The van der Waals surface area contributed by atoms with Crippen molar-refractivity contribution in [3.8, 4) is 5.75 Å². The number of aliphatic hydroxyl groups excluding tert-OH is 1. The van der Waals surface area contributed by atoms with Crippen LogP contribution in [0, 0.1) is 0 Å². The van der Waals surface area contributed by atoms with Gasteiger partial charge in [-0.15, -0.1) is 0 Å². The van der Waals surface area contributed by atoms with E-state index in [-0.39, 0.29) is 0 Å². The van der Waals surface area contributed by atoms with Gasteiger partial charge < -0.3 is 9.84 Å². The topological polar surface area (TPSA) is 35.9 Å². The summed E-state index contributed by atoms with van der Waals surface area (Å²) in [5.41, 5.74) is 1.13. The molecule has 1 aromatic rings. The van der Waals surface area contributed by atoms with Crippen LogP contribution in [0.4, 0.5) is 0 Å². The molecule has 0 spiro atoms. The molecule has 1 heterocycles. The fourth-order valence-corrected chi connectivity index (χ4v) is 4.36. The van der Waals surface area contributed by atoms with Crippen LogP contribution in [0.5, 0.6) is 5.75 Å². The van der Waals surface area contributed by atoms with Crippen LogP contribution >= 0.6 is 0 Å². The van der Waals surface area contributed by atoms with E-state index >= 15 is 0 Å². The fourth-order valence-electron chi connectivity index (χ4n) is 4.36. The molecule has 0 radical (unpaired) electrons. The Bertz CT molecular complexity index is 555. The van der Waals surface area contributed by atoms with Crippen molar-refractivity contribution >= 4 is 6.08 Å². The van der Waals surface area contributed by atoms with Crippen LogP contribution in [-0.4, -0.2) is 66.9 Å². The number of methoxy groups -OCH3 is 1. The van der Waals surface area contributed by atoms with E-state index in [1.165, 1.54) is 25.7 Å². The van der Waals surface area contributed by atoms with Crippen molar-refractivity contribution in [1.82, 2.24) is 9.80 Å². The highest BCUT2D eigenvalue weighted by Crippen LogP contribution is 2.28. The molecule has 0 aromatic heterocycles. The third-order valence-corrected chi connectivity index (χ3v) is 5.67. The lowest BCUT2D eigenvalue weighted by Gasteiger charge is -2.44. The predicted molar refractivity (Wildman–Crippen MR) is 103 cm³/mol. The van der Waals surface area contributed by atoms with Gasteiger partial charge in [0.1, 0.15) is 5.75 Å². The quantitative estimate of drug-likeness (QED) is 0.825. The minimum absolute atomic E-state index is 0.290. The molecule has 4 heteroatoms. The number of benzene rings is 1. The summed E-state index contributed by atoms with van der Waals surface area (Å²) in [6, 6.07) is 9.38. The van der Waals surface area contributed by atoms with Crippen molar-refractivity contribution in [3.05, 3.63) is 35.9 Å². The minimum atomic E-state index is 0.290. The lowest BCUT2D eigenvalue weighted by atomic mass is 10.0. The Hall–Kier alpha value is -1.36. The van der Waals surface area contributed by atoms with Crippen molar-refractivity contribution in [3.63, 3.8) is 0 Å². The first kappa shape index (κ1) is 18.4. The normalized spacial score (nSPS) is 23.5. The summed E-state index contributed by atoms with van der Waals surface area (Å²) in [6.07, 6.45) is 10.7. The Kier molecular flexibility index (Phi) is 6.91. The Morgan fingerprint density at radius 1 is 1.20 bits per heavy atom. The van der Waals surface area contributed by atoms with Crippen LogP contribution in [0.2, 0.25) is 0 Å². The van der Waals surface area contributed by atoms with Gasteiger partial charge in [-0.25, -0.2) is 0 Å². The molecule has 2 aliphatic rings. The van der Waals surface area contributed by atoms with E-state index in [9.17, 15) is 5.11 Å². The van der Waals surface area contributed by atoms with E-state index in [1.54, 1.807) is 7.11 Å². The van der Waals surface area contributed by atoms with Gasteiger partial charge in [-0.2, -0.15) is 0 Å². The summed E-state index contributed by atoms with van der Waals surface area (Å²) in [4.78, 5) is 5.20. The smallest absolute Gasteiger partial charge is 0.126 e. The van der Waals surface area contributed by atoms with E-state index in [0.717, 1.165) is 50.0 Å². The molecule has 1 aliphatic carbocycles. The van der Waals surface area contributed by atoms with E-state index < -0.39 is 0 Å². The zero-order valence-corrected chi connectivity index (χ0v) is 15.4. The molecule has 1 saturated heterocycles. The highest BCUT2D eigenvalue weighted by molar-refractivity contribution is 5.57. The maximum atomic E-state index is 9.47. The van der Waals surface area contributed by atoms with Gasteiger partial charge in [0.15, 0.2) is 0 Å². The van der Waals surface area contributed by atoms with Gasteiger partial charge >= 0.3 is 0 Å². The number of aliphatic hydroxyl groups is 1. The molecular weight excluding hydrogens is 312 g/mol. The molecule has 0 bridgehead atoms. The summed E-state index contributed by atoms with van der Waals surface area (Å²) < 4.78 is 5.41. The average Bonchev–Trinajstić information content (AvgIpc) is 3.17. The van der Waals surface area contributed by atoms with Crippen LogP contribution in [0.15, 0.2) is 30.3 Å². The van der Waals surface area contributed by atoms with Crippen molar-refractivity contribution in [2.45, 2.75) is 44.2 Å². The largest absolute Gasteiger partial charge is 0.496 e. The molecule has 25 heavy (non-hydrogen) atoms. The Morgan fingerprint density at radius 3 is 2.76 bits per heavy atom. The van der Waals surface area contributed by atoms with Gasteiger partial charge in [-0.1, -0.05) is 43.2 Å². The molecule has 1 unspecified atom stereocenters. The zero-order valence-electron chi connectivity index (χ0n) is 15.4. The van der Waals surface area contributed by atoms with Crippen LogP contribution in [0.25, 0.3) is 6.08 Å². The first-order chi connectivity index (χ1) is 12.3. The standard InChI is InChI=1S/C21H32N2O2/c1-25-21-11-5-2-7-18(21)8-6-13-22-14-15-23(19-9-3-4-10-19)20(17-22)12-16-24/h2,5-8,11,19-20,24H,3-4,9-10,12-17H2,1H3. The van der Waals surface area contributed by atoms with Crippen molar-refractivity contribution in [2.24, 2.45) is 0 Å². The molecule has 138 valence electrons. The second-order valence-corrected chi connectivity index (χ2v) is 7.25. The SMILES string of the molecule is COc1ccccc1C=CCN1CCN(C2CCCC2)C(CCO)C1. The summed E-state index contributed by atoms with van der Waals surface area (Å²) in [5, 5.41) is 9.47. The van der Waals surface area contributed by atoms with Crippen molar-refractivity contribution < 1.29 is 9.84 Å². The first-order valence-corrected chi connectivity index (χ1v) is 9.70. The molecule has 1 saturated carbocycles. The van der Waals surface area contributed by atoms with Gasteiger partial charge in [-0.05, 0) is 25.3 Å². The van der Waals surface area contributed by atoms with Crippen LogP contribution in [-0.2, 0) is 0 Å². The molecule has 1 atom stereocenters. The van der Waals surface area contributed by atoms with E-state index in [0.29, 0.717) is 12.6 Å². The Morgan fingerprint density at radius 2 is 2.00 bits per heavy atom. The van der Waals surface area contributed by atoms with E-state index in [1.807, 2.05) is 18.2 Å². The lowest BCUT2D eigenvalue weighted by Crippen LogP contribution is -2.56. The molecule has 4 nitrogen and oxygen atoms in total. The summed E-state index contributed by atoms with van der Waals surface area (Å²) in [7, 11) is 1.72. The number of nitrogens with zero attached hydrogens (tertiary/aromatic N) is 2. The predicted octanol–water partition coefficient (Wildman–Crippen LogP) is 3.02. The number of piperazine rings is 1. The van der Waals surface area contributed by atoms with E-state index in [2.05, 4.69) is 28.0 Å². The van der Waals surface area contributed by atoms with Crippen LogP contribution in [0.3, 0.4) is 0 Å². The third-order valence-electron chi connectivity index (χ3n) is 5.67. The molecule has 1 N–H and O–H groups in total. The maximum Gasteiger partial charge on any atom is 0.126 e. The fraction of sp³-hybridized carbons (Fsp3) is 0.619. The Labute approximate surface area is 152 Å². The summed E-state index contributed by atoms with van der Waals surface area (Å²) >= 11 is 0. The van der Waals surface area contributed by atoms with Gasteiger partial charge in [0.2, 0.25) is 0 Å². The summed E-state index contributed by atoms with van der Waals surface area (Å²) in [6.45, 7) is 4.57. The second-order valence-electron chi connectivity index (χ2n) is 7.25. The third kappa shape index (κ3) is 4.84. The molecule has 1 aliphatic heterocycles. The molecule has 3 rings (SSSR count). The van der Waals surface area contributed by atoms with Gasteiger partial charge in [-0.3, -0.25) is 9.80 Å². The van der Waals surface area contributed by atoms with Gasteiger partial charge in [0, 0.05) is 50.4 Å². The zero-order chi connectivity index (χ0) is 17.5. The number of ether oxygens (including phenoxy) is 1. The number of hydrogen-bond acceptors (Lipinski definition) is 4. The molecule has 2 fully saturated rings. The van der Waals surface area contributed by atoms with E-state index in [4.69, 9.17) is 4.74 Å². The molecule has 0 amide bonds. The number of hydrogen-bond donors (Lipinski definition) is 1. The van der Waals surface area contributed by atoms with Crippen molar-refractivity contribution in [2.75, 3.05) is 39.9 Å². The maximum absolute atomic E-state index is 9.47. The minimum Gasteiger partial charge on any atom is -0.496 e. The van der Waals surface area contributed by atoms with Gasteiger partial charge in [0.25, 0.3) is 0 Å². The first-order valence-electron chi connectivity index (χ1n) is 9.70. The van der Waals surface area contributed by atoms with Crippen molar-refractivity contribution in [1.29, 1.82) is 0 Å². The Balaban J connectivity index is 1.56. The second kappa shape index (κ2) is 9.37. The van der Waals surface area contributed by atoms with Crippen LogP contribution in [0.1, 0.15) is 37.7 Å². The monoisotopic (exact) mass is 344 g/mol. The molecular formula is C21H32N2O2. The average molecular weight is 344 g/mol. The number of para-hydroxylation sites is 1. The molecule has 1 aromatic carbocycles. The highest BCUT2D eigenvalue weighted by Gasteiger charge is 2.32. The number of rotatable bonds is 7. The van der Waals surface area contributed by atoms with Gasteiger partial charge in [0.05, 0.1) is 7.11 Å². The van der Waals surface area contributed by atoms with Crippen LogP contribution < -0.4 is 4.74 Å². The lowest BCUT2D eigenvalue weighted by molar-refractivity contribution is 0.0347. The summed E-state index contributed by atoms with van der Waals surface area (Å²) in [5.74, 6) is 0.919. The highest BCUT2D eigenvalue weighted by atomic mass is 16.5.